The SMILES string of the molecule is CCOC(=O)CCCOc1cc(O)cc2c1CC(N)C2. The van der Waals surface area contributed by atoms with E-state index >= 15 is 0 Å². The minimum absolute atomic E-state index is 0.0914. The Morgan fingerprint density at radius 3 is 3.00 bits per heavy atom. The van der Waals surface area contributed by atoms with Gasteiger partial charge in [0.15, 0.2) is 0 Å². The van der Waals surface area contributed by atoms with Gasteiger partial charge < -0.3 is 20.3 Å². The number of esters is 1. The predicted molar refractivity (Wildman–Crippen MR) is 74.9 cm³/mol. The Bertz CT molecular complexity index is 487. The van der Waals surface area contributed by atoms with Crippen LogP contribution < -0.4 is 10.5 Å². The highest BCUT2D eigenvalue weighted by Gasteiger charge is 2.22. The summed E-state index contributed by atoms with van der Waals surface area (Å²) in [6.07, 6.45) is 2.47. The fourth-order valence-electron chi connectivity index (χ4n) is 2.48. The summed E-state index contributed by atoms with van der Waals surface area (Å²) in [7, 11) is 0. The molecule has 2 rings (SSSR count). The quantitative estimate of drug-likeness (QED) is 0.610. The molecule has 1 aromatic carbocycles. The second-order valence-electron chi connectivity index (χ2n) is 5.01. The smallest absolute Gasteiger partial charge is 0.305 e. The lowest BCUT2D eigenvalue weighted by Crippen LogP contribution is -2.19. The van der Waals surface area contributed by atoms with E-state index in [1.807, 2.05) is 0 Å². The molecule has 0 saturated heterocycles. The monoisotopic (exact) mass is 279 g/mol. The van der Waals surface area contributed by atoms with Crippen LogP contribution in [0.4, 0.5) is 0 Å². The average molecular weight is 279 g/mol. The minimum atomic E-state index is -0.209. The van der Waals surface area contributed by atoms with Crippen molar-refractivity contribution in [1.29, 1.82) is 0 Å². The van der Waals surface area contributed by atoms with Crippen molar-refractivity contribution in [3.05, 3.63) is 23.3 Å². The molecule has 0 heterocycles. The van der Waals surface area contributed by atoms with E-state index in [1.165, 1.54) is 0 Å². The minimum Gasteiger partial charge on any atom is -0.508 e. The second kappa shape index (κ2) is 6.61. The molecule has 110 valence electrons. The van der Waals surface area contributed by atoms with E-state index in [0.717, 1.165) is 24.0 Å². The molecule has 1 aliphatic rings. The summed E-state index contributed by atoms with van der Waals surface area (Å²) in [4.78, 5) is 11.2. The van der Waals surface area contributed by atoms with Gasteiger partial charge in [0.25, 0.3) is 0 Å². The maximum absolute atomic E-state index is 11.2. The van der Waals surface area contributed by atoms with Crippen LogP contribution in [0, 0.1) is 0 Å². The van der Waals surface area contributed by atoms with Crippen LogP contribution in [-0.4, -0.2) is 30.3 Å². The number of phenolic OH excluding ortho intramolecular Hbond substituents is 1. The van der Waals surface area contributed by atoms with Gasteiger partial charge in [-0.25, -0.2) is 0 Å². The van der Waals surface area contributed by atoms with Gasteiger partial charge >= 0.3 is 5.97 Å². The lowest BCUT2D eigenvalue weighted by molar-refractivity contribution is -0.143. The van der Waals surface area contributed by atoms with Crippen LogP contribution in [0.15, 0.2) is 12.1 Å². The molecule has 1 aromatic rings. The summed E-state index contributed by atoms with van der Waals surface area (Å²) in [5.41, 5.74) is 8.06. The van der Waals surface area contributed by atoms with Gasteiger partial charge in [0, 0.05) is 18.5 Å². The molecule has 0 amide bonds. The lowest BCUT2D eigenvalue weighted by Gasteiger charge is -2.11. The molecule has 5 heteroatoms. The Labute approximate surface area is 118 Å². The number of benzene rings is 1. The van der Waals surface area contributed by atoms with Crippen molar-refractivity contribution in [2.45, 2.75) is 38.6 Å². The Hall–Kier alpha value is -1.75. The van der Waals surface area contributed by atoms with E-state index in [1.54, 1.807) is 19.1 Å². The summed E-state index contributed by atoms with van der Waals surface area (Å²) in [5.74, 6) is 0.661. The number of fused-ring (bicyclic) bond motifs is 1. The highest BCUT2D eigenvalue weighted by molar-refractivity contribution is 5.69. The van der Waals surface area contributed by atoms with Crippen LogP contribution >= 0.6 is 0 Å². The third-order valence-corrected chi connectivity index (χ3v) is 3.32. The number of nitrogens with two attached hydrogens (primary N) is 1. The largest absolute Gasteiger partial charge is 0.508 e. The van der Waals surface area contributed by atoms with Gasteiger partial charge in [-0.1, -0.05) is 0 Å². The molecule has 0 aromatic heterocycles. The van der Waals surface area contributed by atoms with Gasteiger partial charge in [-0.05, 0) is 43.4 Å². The van der Waals surface area contributed by atoms with Crippen LogP contribution in [0.2, 0.25) is 0 Å². The highest BCUT2D eigenvalue weighted by atomic mass is 16.5. The Morgan fingerprint density at radius 1 is 1.45 bits per heavy atom. The van der Waals surface area contributed by atoms with E-state index in [2.05, 4.69) is 0 Å². The van der Waals surface area contributed by atoms with Crippen LogP contribution in [0.5, 0.6) is 11.5 Å². The molecule has 0 bridgehead atoms. The van der Waals surface area contributed by atoms with Crippen molar-refractivity contribution < 1.29 is 19.4 Å². The van der Waals surface area contributed by atoms with Crippen molar-refractivity contribution in [2.75, 3.05) is 13.2 Å². The summed E-state index contributed by atoms with van der Waals surface area (Å²) in [6.45, 7) is 2.61. The first kappa shape index (κ1) is 14.7. The first-order valence-corrected chi connectivity index (χ1v) is 6.99. The highest BCUT2D eigenvalue weighted by Crippen LogP contribution is 2.34. The van der Waals surface area contributed by atoms with Crippen molar-refractivity contribution >= 4 is 5.97 Å². The molecular formula is C15H21NO4. The number of carbonyl (C=O) groups excluding carboxylic acids is 1. The van der Waals surface area contributed by atoms with E-state index < -0.39 is 0 Å². The van der Waals surface area contributed by atoms with Crippen molar-refractivity contribution in [2.24, 2.45) is 5.73 Å². The topological polar surface area (TPSA) is 81.8 Å². The molecule has 1 aliphatic carbocycles. The van der Waals surface area contributed by atoms with E-state index in [-0.39, 0.29) is 17.8 Å². The molecule has 1 unspecified atom stereocenters. The van der Waals surface area contributed by atoms with Crippen LogP contribution in [0.25, 0.3) is 0 Å². The normalized spacial score (nSPS) is 16.8. The molecular weight excluding hydrogens is 258 g/mol. The molecule has 0 spiro atoms. The number of phenols is 1. The number of hydrogen-bond acceptors (Lipinski definition) is 5. The van der Waals surface area contributed by atoms with Gasteiger partial charge in [-0.3, -0.25) is 4.79 Å². The molecule has 0 fully saturated rings. The fraction of sp³-hybridized carbons (Fsp3) is 0.533. The zero-order valence-electron chi connectivity index (χ0n) is 11.7. The average Bonchev–Trinajstić information content (AvgIpc) is 2.75. The van der Waals surface area contributed by atoms with Crippen LogP contribution in [0.1, 0.15) is 30.9 Å². The summed E-state index contributed by atoms with van der Waals surface area (Å²) < 4.78 is 10.5. The van der Waals surface area contributed by atoms with E-state index in [0.29, 0.717) is 31.8 Å². The molecule has 0 saturated carbocycles. The zero-order chi connectivity index (χ0) is 14.5. The molecule has 5 nitrogen and oxygen atoms in total. The number of ether oxygens (including phenoxy) is 2. The predicted octanol–water partition coefficient (Wildman–Crippen LogP) is 1.54. The lowest BCUT2D eigenvalue weighted by atomic mass is 10.1. The summed E-state index contributed by atoms with van der Waals surface area (Å²) >= 11 is 0. The number of rotatable bonds is 6. The maximum Gasteiger partial charge on any atom is 0.305 e. The van der Waals surface area contributed by atoms with E-state index in [4.69, 9.17) is 15.2 Å². The Kier molecular flexibility index (Phi) is 4.84. The molecule has 1 atom stereocenters. The first-order valence-electron chi connectivity index (χ1n) is 6.99. The van der Waals surface area contributed by atoms with Crippen LogP contribution in [0.3, 0.4) is 0 Å². The molecule has 0 aliphatic heterocycles. The number of hydrogen-bond donors (Lipinski definition) is 2. The number of carbonyl (C=O) groups is 1. The van der Waals surface area contributed by atoms with Gasteiger partial charge in [0.1, 0.15) is 11.5 Å². The van der Waals surface area contributed by atoms with Gasteiger partial charge in [0.2, 0.25) is 0 Å². The van der Waals surface area contributed by atoms with Crippen molar-refractivity contribution in [3.63, 3.8) is 0 Å². The third kappa shape index (κ3) is 3.63. The van der Waals surface area contributed by atoms with Gasteiger partial charge in [-0.15, -0.1) is 0 Å². The van der Waals surface area contributed by atoms with Crippen LogP contribution in [-0.2, 0) is 22.4 Å². The first-order chi connectivity index (χ1) is 9.60. The molecule has 0 radical (unpaired) electrons. The fourth-order valence-corrected chi connectivity index (χ4v) is 2.48. The van der Waals surface area contributed by atoms with Gasteiger partial charge in [-0.2, -0.15) is 0 Å². The van der Waals surface area contributed by atoms with Crippen molar-refractivity contribution in [3.8, 4) is 11.5 Å². The second-order valence-corrected chi connectivity index (χ2v) is 5.01. The maximum atomic E-state index is 11.2. The zero-order valence-corrected chi connectivity index (χ0v) is 11.7. The standard InChI is InChI=1S/C15H21NO4/c1-2-19-15(18)4-3-5-20-14-9-12(17)7-10-6-11(16)8-13(10)14/h7,9,11,17H,2-6,8,16H2,1H3. The van der Waals surface area contributed by atoms with Crippen molar-refractivity contribution in [1.82, 2.24) is 0 Å². The molecule has 20 heavy (non-hydrogen) atoms. The van der Waals surface area contributed by atoms with E-state index in [9.17, 15) is 9.90 Å². The van der Waals surface area contributed by atoms with Gasteiger partial charge in [0.05, 0.1) is 13.2 Å². The number of aromatic hydroxyl groups is 1. The third-order valence-electron chi connectivity index (χ3n) is 3.32. The Balaban J connectivity index is 1.89. The molecule has 3 N–H and O–H groups in total. The summed E-state index contributed by atoms with van der Waals surface area (Å²) in [6, 6.07) is 3.45. The Morgan fingerprint density at radius 2 is 2.25 bits per heavy atom. The summed E-state index contributed by atoms with van der Waals surface area (Å²) in [5, 5.41) is 9.68.